The molecule has 2 heterocycles. The van der Waals surface area contributed by atoms with Crippen molar-refractivity contribution >= 4 is 29.0 Å². The number of nitrogens with two attached hydrogens (primary N) is 1. The van der Waals surface area contributed by atoms with E-state index in [0.29, 0.717) is 54.2 Å². The van der Waals surface area contributed by atoms with Crippen molar-refractivity contribution in [1.82, 2.24) is 9.97 Å². The van der Waals surface area contributed by atoms with Gasteiger partial charge < -0.3 is 37.2 Å². The van der Waals surface area contributed by atoms with E-state index in [1.165, 1.54) is 0 Å². The number of nitriles is 1. The summed E-state index contributed by atoms with van der Waals surface area (Å²) in [7, 11) is 0. The maximum atomic E-state index is 9.13. The lowest BCUT2D eigenvalue weighted by Gasteiger charge is -2.12. The predicted molar refractivity (Wildman–Crippen MR) is 146 cm³/mol. The first-order valence-corrected chi connectivity index (χ1v) is 12.1. The van der Waals surface area contributed by atoms with Gasteiger partial charge >= 0.3 is 0 Å². The van der Waals surface area contributed by atoms with Crippen LogP contribution in [0, 0.1) is 31.8 Å². The molecule has 0 radical (unpaired) electrons. The lowest BCUT2D eigenvalue weighted by Crippen LogP contribution is -2.12. The molecule has 8 N–H and O–H groups in total. The van der Waals surface area contributed by atoms with Crippen molar-refractivity contribution in [2.45, 2.75) is 40.0 Å². The summed E-state index contributed by atoms with van der Waals surface area (Å²) < 4.78 is 0. The molecule has 0 atom stereocenters. The molecule has 0 aliphatic heterocycles. The van der Waals surface area contributed by atoms with Gasteiger partial charge in [0.05, 0.1) is 25.3 Å². The Morgan fingerprint density at radius 2 is 1.47 bits per heavy atom. The van der Waals surface area contributed by atoms with E-state index in [1.807, 2.05) is 26.0 Å². The van der Waals surface area contributed by atoms with Gasteiger partial charge in [0.15, 0.2) is 0 Å². The van der Waals surface area contributed by atoms with Crippen molar-refractivity contribution in [1.29, 1.82) is 5.26 Å². The largest absolute Gasteiger partial charge is 0.395 e. The van der Waals surface area contributed by atoms with Crippen LogP contribution in [0.25, 0.3) is 4.85 Å². The van der Waals surface area contributed by atoms with Crippen LogP contribution in [0.4, 0.5) is 29.0 Å². The Morgan fingerprint density at radius 3 is 2.06 bits per heavy atom. The zero-order chi connectivity index (χ0) is 26.8. The highest BCUT2D eigenvalue weighted by Crippen LogP contribution is 2.29. The highest BCUT2D eigenvalue weighted by molar-refractivity contribution is 5.72. The summed E-state index contributed by atoms with van der Waals surface area (Å²) in [5.74, 6) is 2.52. The molecule has 0 saturated carbocycles. The number of aliphatic hydroxyl groups excluding tert-OH is 2. The van der Waals surface area contributed by atoms with E-state index < -0.39 is 0 Å². The molecule has 11 heteroatoms. The molecule has 0 unspecified atom stereocenters. The molecule has 0 aromatic carbocycles. The van der Waals surface area contributed by atoms with Gasteiger partial charge in [-0.15, -0.1) is 0 Å². The number of nitrogens with zero attached hydrogens (tertiary/aromatic N) is 4. The minimum Gasteiger partial charge on any atom is -0.395 e. The molecule has 0 amide bonds. The van der Waals surface area contributed by atoms with Crippen LogP contribution in [0.2, 0.25) is 0 Å². The third-order valence-corrected chi connectivity index (χ3v) is 4.96. The second-order valence-electron chi connectivity index (χ2n) is 7.94. The maximum absolute atomic E-state index is 9.13. The first-order valence-electron chi connectivity index (χ1n) is 12.1. The second kappa shape index (κ2) is 17.7. The topological polar surface area (TPSA) is 169 Å². The van der Waals surface area contributed by atoms with Crippen molar-refractivity contribution in [3.05, 3.63) is 40.2 Å². The number of aliphatic hydroxyl groups is 2. The van der Waals surface area contributed by atoms with Gasteiger partial charge in [-0.25, -0.2) is 14.8 Å². The SMILES string of the molecule is CCCCNc1nc(NCCO)cc(C)c1C#N.[C-]#[N+]c1c(C)cc(NCCCN)nc1NCCO. The Hall–Kier alpha value is -3.64. The van der Waals surface area contributed by atoms with Crippen LogP contribution >= 0.6 is 0 Å². The summed E-state index contributed by atoms with van der Waals surface area (Å²) in [6, 6.07) is 5.83. The fourth-order valence-electron chi connectivity index (χ4n) is 3.11. The number of nitrogens with one attached hydrogen (secondary N) is 4. The summed E-state index contributed by atoms with van der Waals surface area (Å²) in [5, 5.41) is 39.0. The molecule has 0 aliphatic rings. The second-order valence-corrected chi connectivity index (χ2v) is 7.94. The van der Waals surface area contributed by atoms with Crippen LogP contribution in [0.1, 0.15) is 42.9 Å². The number of hydrogen-bond acceptors (Lipinski definition) is 10. The number of aromatic nitrogens is 2. The molecule has 2 aromatic heterocycles. The van der Waals surface area contributed by atoms with Gasteiger partial charge in [0.25, 0.3) is 0 Å². The van der Waals surface area contributed by atoms with Crippen LogP contribution in [-0.4, -0.2) is 66.1 Å². The number of hydrogen-bond donors (Lipinski definition) is 7. The monoisotopic (exact) mass is 497 g/mol. The standard InChI is InChI=1S/C13H20N4O.C12H19N5O/c1-3-4-5-16-13-11(9-14)10(2)8-12(17-13)15-6-7-18;1-9-8-10(15-5-3-4-13)17-12(11(9)14-2)16-6-7-18/h8,18H,3-7H2,1-2H3,(H2,15,16,17);8,18H,3-7,13H2,1H3,(H2,15,16,17). The van der Waals surface area contributed by atoms with Gasteiger partial charge in [-0.2, -0.15) is 5.26 Å². The Labute approximate surface area is 214 Å². The normalized spacial score (nSPS) is 9.89. The summed E-state index contributed by atoms with van der Waals surface area (Å²) in [6.45, 7) is 16.1. The highest BCUT2D eigenvalue weighted by Gasteiger charge is 2.10. The predicted octanol–water partition coefficient (Wildman–Crippen LogP) is 2.98. The van der Waals surface area contributed by atoms with E-state index in [2.05, 4.69) is 49.1 Å². The average molecular weight is 498 g/mol. The molecule has 11 nitrogen and oxygen atoms in total. The molecule has 0 fully saturated rings. The van der Waals surface area contributed by atoms with Crippen LogP contribution in [0.3, 0.4) is 0 Å². The van der Waals surface area contributed by atoms with Crippen molar-refractivity contribution in [2.24, 2.45) is 5.73 Å². The zero-order valence-electron chi connectivity index (χ0n) is 21.5. The summed E-state index contributed by atoms with van der Waals surface area (Å²) in [5.41, 5.74) is 8.24. The third kappa shape index (κ3) is 10.3. The Balaban J connectivity index is 0.000000360. The number of pyridine rings is 2. The molecule has 0 bridgehead atoms. The lowest BCUT2D eigenvalue weighted by atomic mass is 10.1. The van der Waals surface area contributed by atoms with Gasteiger partial charge in [-0.05, 0) is 56.5 Å². The fourth-order valence-corrected chi connectivity index (χ4v) is 3.11. The molecule has 36 heavy (non-hydrogen) atoms. The molecular formula is C25H39N9O2. The summed E-state index contributed by atoms with van der Waals surface area (Å²) >= 11 is 0. The van der Waals surface area contributed by atoms with E-state index in [-0.39, 0.29) is 13.2 Å². The van der Waals surface area contributed by atoms with Crippen LogP contribution in [0.15, 0.2) is 12.1 Å². The van der Waals surface area contributed by atoms with E-state index >= 15 is 0 Å². The third-order valence-electron chi connectivity index (χ3n) is 4.96. The van der Waals surface area contributed by atoms with E-state index in [0.717, 1.165) is 43.5 Å². The molecule has 0 aliphatic carbocycles. The maximum Gasteiger partial charge on any atom is 0.231 e. The number of unbranched alkanes of at least 4 members (excludes halogenated alkanes) is 1. The quantitative estimate of drug-likeness (QED) is 0.152. The van der Waals surface area contributed by atoms with Crippen molar-refractivity contribution < 1.29 is 10.2 Å². The van der Waals surface area contributed by atoms with E-state index in [4.69, 9.17) is 27.8 Å². The van der Waals surface area contributed by atoms with Crippen LogP contribution in [0.5, 0.6) is 0 Å². The first kappa shape index (κ1) is 30.4. The average Bonchev–Trinajstić information content (AvgIpc) is 2.86. The zero-order valence-corrected chi connectivity index (χ0v) is 21.5. The Morgan fingerprint density at radius 1 is 0.917 bits per heavy atom. The minimum absolute atomic E-state index is 0.00297. The van der Waals surface area contributed by atoms with E-state index in [1.54, 1.807) is 0 Å². The summed E-state index contributed by atoms with van der Waals surface area (Å²) in [6.07, 6.45) is 3.00. The molecule has 2 rings (SSSR count). The molecule has 2 aromatic rings. The smallest absolute Gasteiger partial charge is 0.231 e. The number of aryl methyl sites for hydroxylation is 2. The molecule has 0 saturated heterocycles. The van der Waals surface area contributed by atoms with Crippen molar-refractivity contribution in [2.75, 3.05) is 67.2 Å². The molecule has 0 spiro atoms. The number of rotatable bonds is 14. The fraction of sp³-hybridized carbons (Fsp3) is 0.520. The van der Waals surface area contributed by atoms with Gasteiger partial charge in [0.1, 0.15) is 29.3 Å². The van der Waals surface area contributed by atoms with Gasteiger partial charge in [-0.3, -0.25) is 0 Å². The van der Waals surface area contributed by atoms with E-state index in [9.17, 15) is 0 Å². The van der Waals surface area contributed by atoms with Gasteiger partial charge in [0.2, 0.25) is 5.69 Å². The Kier molecular flexibility index (Phi) is 15.0. The van der Waals surface area contributed by atoms with Gasteiger partial charge in [0, 0.05) is 26.2 Å². The molecule has 196 valence electrons. The molecular weight excluding hydrogens is 458 g/mol. The first-order chi connectivity index (χ1) is 17.4. The highest BCUT2D eigenvalue weighted by atomic mass is 16.3. The summed E-state index contributed by atoms with van der Waals surface area (Å²) in [4.78, 5) is 12.1. The minimum atomic E-state index is 0.00297. The van der Waals surface area contributed by atoms with Crippen LogP contribution in [-0.2, 0) is 0 Å². The Bertz CT molecular complexity index is 1020. The lowest BCUT2D eigenvalue weighted by molar-refractivity contribution is 0.310. The number of anilines is 4. The van der Waals surface area contributed by atoms with Crippen LogP contribution < -0.4 is 27.0 Å². The van der Waals surface area contributed by atoms with Gasteiger partial charge in [-0.1, -0.05) is 13.3 Å². The van der Waals surface area contributed by atoms with Crippen molar-refractivity contribution in [3.8, 4) is 6.07 Å². The van der Waals surface area contributed by atoms with Crippen molar-refractivity contribution in [3.63, 3.8) is 0 Å².